The summed E-state index contributed by atoms with van der Waals surface area (Å²) < 4.78 is 1.81. The molecule has 2 N–H and O–H groups in total. The summed E-state index contributed by atoms with van der Waals surface area (Å²) in [7, 11) is 5.02. The van der Waals surface area contributed by atoms with Gasteiger partial charge in [-0.15, -0.1) is 0 Å². The van der Waals surface area contributed by atoms with Crippen molar-refractivity contribution in [2.45, 2.75) is 6.92 Å². The first kappa shape index (κ1) is 20.4. The van der Waals surface area contributed by atoms with Crippen LogP contribution in [0.3, 0.4) is 0 Å². The predicted molar refractivity (Wildman–Crippen MR) is 90.6 cm³/mol. The molecule has 1 heterocycles. The van der Waals surface area contributed by atoms with E-state index in [0.29, 0.717) is 17.1 Å². The maximum Gasteiger partial charge on any atom is 2.00 e. The summed E-state index contributed by atoms with van der Waals surface area (Å²) in [6.45, 7) is 1.77. The second-order valence-electron chi connectivity index (χ2n) is 3.86. The van der Waals surface area contributed by atoms with Crippen LogP contribution in [0.25, 0.3) is 0 Å². The molecule has 0 aliphatic carbocycles. The topological polar surface area (TPSA) is 91.3 Å². The quantitative estimate of drug-likeness (QED) is 0.244. The molecular weight excluding hydrogens is 372 g/mol. The first-order valence-corrected chi connectivity index (χ1v) is 6.69. The number of imidazole rings is 1. The third kappa shape index (κ3) is 6.48. The zero-order valence-electron chi connectivity index (χ0n) is 12.5. The molecule has 0 atom stereocenters. The number of hydrazone groups is 2. The minimum Gasteiger partial charge on any atom is -0.741 e. The van der Waals surface area contributed by atoms with Crippen LogP contribution in [0.5, 0.6) is 0 Å². The number of nitrogens with zero attached hydrogens (tertiary/aromatic N) is 6. The molecule has 1 radical (unpaired) electrons. The summed E-state index contributed by atoms with van der Waals surface area (Å²) in [6.07, 6.45) is 3.48. The molecule has 0 saturated heterocycles. The summed E-state index contributed by atoms with van der Waals surface area (Å²) >= 11 is 9.85. The Morgan fingerprint density at radius 3 is 2.14 bits per heavy atom. The molecular formula is C11H16CuN8S2. The molecule has 1 rings (SSSR count). The van der Waals surface area contributed by atoms with Crippen LogP contribution in [0.2, 0.25) is 0 Å². The monoisotopic (exact) mass is 387 g/mol. The molecule has 123 valence electrons. The van der Waals surface area contributed by atoms with Gasteiger partial charge in [-0.25, -0.2) is 4.98 Å². The molecule has 0 amide bonds. The van der Waals surface area contributed by atoms with Crippen LogP contribution in [0, 0.1) is 0 Å². The largest absolute Gasteiger partial charge is 2.00 e. The Bertz CT molecular complexity index is 605. The maximum atomic E-state index is 4.94. The Morgan fingerprint density at radius 1 is 1.14 bits per heavy atom. The fraction of sp³-hybridized carbons (Fsp3) is 0.364. The van der Waals surface area contributed by atoms with E-state index in [0.717, 1.165) is 0 Å². The number of amidine groups is 2. The van der Waals surface area contributed by atoms with Crippen molar-refractivity contribution in [3.8, 4) is 0 Å². The van der Waals surface area contributed by atoms with Gasteiger partial charge in [-0.05, 0) is 17.3 Å². The van der Waals surface area contributed by atoms with E-state index < -0.39 is 0 Å². The third-order valence-corrected chi connectivity index (χ3v) is 2.83. The van der Waals surface area contributed by atoms with Gasteiger partial charge in [-0.2, -0.15) is 10.2 Å². The molecule has 0 fully saturated rings. The van der Waals surface area contributed by atoms with Crippen LogP contribution < -0.4 is 10.9 Å². The van der Waals surface area contributed by atoms with Gasteiger partial charge in [0.2, 0.25) is 0 Å². The van der Waals surface area contributed by atoms with E-state index in [1.807, 2.05) is 13.2 Å². The zero-order chi connectivity index (χ0) is 15.8. The van der Waals surface area contributed by atoms with Crippen molar-refractivity contribution in [3.63, 3.8) is 0 Å². The van der Waals surface area contributed by atoms with E-state index in [9.17, 15) is 0 Å². The SMILES string of the molecule is CN=C([S-])N/N=C(C)/C(=N/NC([S-])=NC)c1cn(C)cn1.[Cu+2]. The summed E-state index contributed by atoms with van der Waals surface area (Å²) in [6, 6.07) is 0. The van der Waals surface area contributed by atoms with Crippen LogP contribution in [-0.2, 0) is 49.4 Å². The number of rotatable bonds is 4. The number of nitrogens with one attached hydrogen (secondary N) is 2. The van der Waals surface area contributed by atoms with Gasteiger partial charge in [0.1, 0.15) is 11.4 Å². The second-order valence-corrected chi connectivity index (χ2v) is 4.64. The summed E-state index contributed by atoms with van der Waals surface area (Å²) in [4.78, 5) is 11.8. The van der Waals surface area contributed by atoms with Crippen molar-refractivity contribution < 1.29 is 17.1 Å². The minimum atomic E-state index is 0. The van der Waals surface area contributed by atoms with Gasteiger partial charge in [-0.1, -0.05) is 0 Å². The van der Waals surface area contributed by atoms with Crippen molar-refractivity contribution in [1.82, 2.24) is 20.4 Å². The molecule has 0 spiro atoms. The minimum absolute atomic E-state index is 0. The predicted octanol–water partition coefficient (Wildman–Crippen LogP) is -0.258. The van der Waals surface area contributed by atoms with Crippen molar-refractivity contribution in [3.05, 3.63) is 18.2 Å². The van der Waals surface area contributed by atoms with E-state index in [2.05, 4.69) is 36.0 Å². The molecule has 0 aromatic carbocycles. The Labute approximate surface area is 151 Å². The van der Waals surface area contributed by atoms with Crippen molar-refractivity contribution in [2.24, 2.45) is 27.2 Å². The molecule has 1 aromatic heterocycles. The molecule has 1 aromatic rings. The van der Waals surface area contributed by atoms with E-state index in [-0.39, 0.29) is 27.4 Å². The van der Waals surface area contributed by atoms with Crippen LogP contribution in [-0.4, -0.2) is 45.4 Å². The fourth-order valence-electron chi connectivity index (χ4n) is 1.25. The van der Waals surface area contributed by atoms with Crippen molar-refractivity contribution in [1.29, 1.82) is 0 Å². The first-order valence-electron chi connectivity index (χ1n) is 5.88. The average Bonchev–Trinajstić information content (AvgIpc) is 2.90. The fourth-order valence-corrected chi connectivity index (χ4v) is 1.34. The Kier molecular flexibility index (Phi) is 9.50. The molecule has 22 heavy (non-hydrogen) atoms. The van der Waals surface area contributed by atoms with Crippen LogP contribution >= 0.6 is 0 Å². The number of hydrogen-bond donors (Lipinski definition) is 2. The number of aromatic nitrogens is 2. The van der Waals surface area contributed by atoms with Gasteiger partial charge in [0.15, 0.2) is 0 Å². The van der Waals surface area contributed by atoms with E-state index in [1.54, 1.807) is 31.9 Å². The first-order chi connectivity index (χ1) is 9.97. The Balaban J connectivity index is 0.00000441. The average molecular weight is 388 g/mol. The summed E-state index contributed by atoms with van der Waals surface area (Å²) in [5, 5.41) is 8.86. The number of aryl methyl sites for hydroxylation is 1. The van der Waals surface area contributed by atoms with Crippen molar-refractivity contribution >= 4 is 47.0 Å². The number of hydrogen-bond acceptors (Lipinski definition) is 7. The van der Waals surface area contributed by atoms with Crippen LogP contribution in [0.15, 0.2) is 32.7 Å². The normalized spacial score (nSPS) is 13.6. The van der Waals surface area contributed by atoms with Crippen molar-refractivity contribution in [2.75, 3.05) is 14.1 Å². The van der Waals surface area contributed by atoms with E-state index in [1.165, 1.54) is 0 Å². The van der Waals surface area contributed by atoms with Gasteiger partial charge >= 0.3 is 17.1 Å². The summed E-state index contributed by atoms with van der Waals surface area (Å²) in [5.74, 6) is 0. The van der Waals surface area contributed by atoms with E-state index in [4.69, 9.17) is 25.3 Å². The molecule has 0 aliphatic heterocycles. The van der Waals surface area contributed by atoms with Crippen LogP contribution in [0.4, 0.5) is 0 Å². The third-order valence-electron chi connectivity index (χ3n) is 2.28. The molecule has 0 saturated carbocycles. The van der Waals surface area contributed by atoms with E-state index >= 15 is 0 Å². The van der Waals surface area contributed by atoms with Gasteiger partial charge in [0, 0.05) is 27.3 Å². The van der Waals surface area contributed by atoms with Gasteiger partial charge in [0.25, 0.3) is 0 Å². The van der Waals surface area contributed by atoms with Gasteiger partial charge < -0.3 is 29.8 Å². The Hall–Kier alpha value is -1.55. The number of aliphatic imine (C=N–C) groups is 2. The smallest absolute Gasteiger partial charge is 0.741 e. The molecule has 11 heteroatoms. The summed E-state index contributed by atoms with van der Waals surface area (Å²) in [5.41, 5.74) is 7.05. The molecule has 8 nitrogen and oxygen atoms in total. The Morgan fingerprint density at radius 2 is 1.68 bits per heavy atom. The molecule has 0 bridgehead atoms. The maximum absolute atomic E-state index is 4.94. The van der Waals surface area contributed by atoms with Crippen LogP contribution in [0.1, 0.15) is 12.6 Å². The van der Waals surface area contributed by atoms with Gasteiger partial charge in [-0.3, -0.25) is 20.8 Å². The zero-order valence-corrected chi connectivity index (χ0v) is 15.0. The standard InChI is InChI=1S/C11H18N8S2.Cu/c1-7(15-17-10(20)12-2)9(16-18-11(21)13-3)8-5-19(4)6-14-8;/h5-6H,1-4H3,(H2,12,17,20)(H2,13,18,21);/q;+2/p-2/b15-7+,16-9-;. The second kappa shape index (κ2) is 10.2. The van der Waals surface area contributed by atoms with Gasteiger partial charge in [0.05, 0.1) is 12.0 Å². The molecule has 0 aliphatic rings. The molecule has 0 unspecified atom stereocenters.